The van der Waals surface area contributed by atoms with Gasteiger partial charge in [0.05, 0.1) is 0 Å². The summed E-state index contributed by atoms with van der Waals surface area (Å²) >= 11 is 0. The molecule has 0 saturated heterocycles. The van der Waals surface area contributed by atoms with E-state index >= 15 is 0 Å². The van der Waals surface area contributed by atoms with Crippen molar-refractivity contribution >= 4 is 28.7 Å². The largest absolute Gasteiger partial charge is 0.361 e. The second-order valence-electron chi connectivity index (χ2n) is 7.08. The molecule has 7 nitrogen and oxygen atoms in total. The monoisotopic (exact) mass is 378 g/mol. The number of amides is 1. The number of benzene rings is 1. The standard InChI is InChI=1S/C21H26N6O/c1-13(2)19(28)26-20(27-21-24-14(3)11-15(4)25-21)22-10-9-16-12-23-18-8-6-5-7-17(16)18/h5-8,11-13,23H,9-10H2,1-4H3,(H2,22,24,25,26,27,28). The third kappa shape index (κ3) is 4.94. The third-order valence-corrected chi connectivity index (χ3v) is 4.30. The van der Waals surface area contributed by atoms with E-state index in [9.17, 15) is 4.79 Å². The van der Waals surface area contributed by atoms with Crippen LogP contribution >= 0.6 is 0 Å². The number of carbonyl (C=O) groups is 1. The van der Waals surface area contributed by atoms with Gasteiger partial charge in [-0.15, -0.1) is 0 Å². The number of fused-ring (bicyclic) bond motifs is 1. The molecule has 2 heterocycles. The highest BCUT2D eigenvalue weighted by Gasteiger charge is 2.12. The molecule has 0 aliphatic rings. The number of para-hydroxylation sites is 1. The summed E-state index contributed by atoms with van der Waals surface area (Å²) in [6.07, 6.45) is 2.76. The van der Waals surface area contributed by atoms with Crippen LogP contribution in [0.2, 0.25) is 0 Å². The Hall–Kier alpha value is -3.22. The molecule has 0 fully saturated rings. The van der Waals surface area contributed by atoms with Gasteiger partial charge in [0.2, 0.25) is 17.8 Å². The highest BCUT2D eigenvalue weighted by atomic mass is 16.2. The number of aromatic nitrogens is 3. The van der Waals surface area contributed by atoms with E-state index in [0.717, 1.165) is 23.3 Å². The normalized spacial score (nSPS) is 11.8. The number of anilines is 1. The molecule has 3 aromatic rings. The lowest BCUT2D eigenvalue weighted by Crippen LogP contribution is -2.39. The van der Waals surface area contributed by atoms with E-state index in [4.69, 9.17) is 0 Å². The molecule has 2 aromatic heterocycles. The van der Waals surface area contributed by atoms with E-state index in [1.165, 1.54) is 10.9 Å². The number of aromatic amines is 1. The number of aryl methyl sites for hydroxylation is 2. The van der Waals surface area contributed by atoms with E-state index in [0.29, 0.717) is 18.5 Å². The van der Waals surface area contributed by atoms with Gasteiger partial charge in [0.1, 0.15) is 0 Å². The third-order valence-electron chi connectivity index (χ3n) is 4.30. The second kappa shape index (κ2) is 8.65. The second-order valence-corrected chi connectivity index (χ2v) is 7.08. The Morgan fingerprint density at radius 1 is 1.18 bits per heavy atom. The highest BCUT2D eigenvalue weighted by Crippen LogP contribution is 2.18. The van der Waals surface area contributed by atoms with Crippen molar-refractivity contribution in [1.82, 2.24) is 20.3 Å². The molecule has 0 radical (unpaired) electrons. The molecule has 0 unspecified atom stereocenters. The van der Waals surface area contributed by atoms with E-state index in [2.05, 4.69) is 42.7 Å². The van der Waals surface area contributed by atoms with Crippen molar-refractivity contribution < 1.29 is 4.79 Å². The van der Waals surface area contributed by atoms with Gasteiger partial charge in [-0.3, -0.25) is 20.4 Å². The molecular weight excluding hydrogens is 352 g/mol. The Labute approximate surface area is 164 Å². The molecule has 1 aromatic carbocycles. The van der Waals surface area contributed by atoms with Crippen molar-refractivity contribution in [1.29, 1.82) is 0 Å². The van der Waals surface area contributed by atoms with Gasteiger partial charge in [-0.2, -0.15) is 0 Å². The maximum absolute atomic E-state index is 12.2. The van der Waals surface area contributed by atoms with Gasteiger partial charge >= 0.3 is 0 Å². The molecule has 1 amide bonds. The van der Waals surface area contributed by atoms with Crippen molar-refractivity contribution in [2.45, 2.75) is 34.1 Å². The summed E-state index contributed by atoms with van der Waals surface area (Å²) in [4.78, 5) is 28.7. The molecule has 0 aliphatic heterocycles. The summed E-state index contributed by atoms with van der Waals surface area (Å²) in [6, 6.07) is 10.1. The summed E-state index contributed by atoms with van der Waals surface area (Å²) in [7, 11) is 0. The zero-order valence-electron chi connectivity index (χ0n) is 16.7. The SMILES string of the molecule is Cc1cc(C)nc(NC(=NCCc2c[nH]c3ccccc23)NC(=O)C(C)C)n1. The van der Waals surface area contributed by atoms with Gasteiger partial charge in [-0.05, 0) is 38.0 Å². The van der Waals surface area contributed by atoms with Crippen LogP contribution in [0.4, 0.5) is 5.95 Å². The van der Waals surface area contributed by atoms with Gasteiger partial charge in [-0.25, -0.2) is 9.97 Å². The zero-order chi connectivity index (χ0) is 20.1. The van der Waals surface area contributed by atoms with Gasteiger partial charge in [0, 0.05) is 41.0 Å². The summed E-state index contributed by atoms with van der Waals surface area (Å²) in [6.45, 7) is 8.01. The maximum Gasteiger partial charge on any atom is 0.229 e. The number of hydrogen-bond donors (Lipinski definition) is 3. The number of carbonyl (C=O) groups excluding carboxylic acids is 1. The molecular formula is C21H26N6O. The van der Waals surface area contributed by atoms with Crippen molar-refractivity contribution in [3.05, 3.63) is 53.5 Å². The van der Waals surface area contributed by atoms with Gasteiger partial charge in [0.25, 0.3) is 0 Å². The molecule has 7 heteroatoms. The zero-order valence-corrected chi connectivity index (χ0v) is 16.7. The van der Waals surface area contributed by atoms with Crippen molar-refractivity contribution in [3.8, 4) is 0 Å². The van der Waals surface area contributed by atoms with Crippen LogP contribution in [0.25, 0.3) is 10.9 Å². The first kappa shape index (κ1) is 19.5. The smallest absolute Gasteiger partial charge is 0.229 e. The number of rotatable bonds is 5. The van der Waals surface area contributed by atoms with Crippen LogP contribution in [0, 0.1) is 19.8 Å². The molecule has 0 aliphatic carbocycles. The Morgan fingerprint density at radius 2 is 1.89 bits per heavy atom. The number of H-pyrrole nitrogens is 1. The van der Waals surface area contributed by atoms with E-state index in [-0.39, 0.29) is 11.8 Å². The summed E-state index contributed by atoms with van der Waals surface area (Å²) < 4.78 is 0. The number of nitrogens with zero attached hydrogens (tertiary/aromatic N) is 3. The number of aliphatic imine (C=N–C) groups is 1. The Kier molecular flexibility index (Phi) is 6.03. The fourth-order valence-corrected chi connectivity index (χ4v) is 2.89. The average Bonchev–Trinajstić information content (AvgIpc) is 3.04. The summed E-state index contributed by atoms with van der Waals surface area (Å²) in [5.74, 6) is 0.527. The van der Waals surface area contributed by atoms with Gasteiger partial charge in [0.15, 0.2) is 0 Å². The van der Waals surface area contributed by atoms with Crippen LogP contribution in [-0.4, -0.2) is 33.4 Å². The first-order valence-electron chi connectivity index (χ1n) is 9.42. The van der Waals surface area contributed by atoms with Crippen LogP contribution in [0.15, 0.2) is 41.5 Å². The quantitative estimate of drug-likeness (QED) is 0.469. The van der Waals surface area contributed by atoms with Crippen LogP contribution in [0.3, 0.4) is 0 Å². The highest BCUT2D eigenvalue weighted by molar-refractivity contribution is 6.03. The topological polar surface area (TPSA) is 95.1 Å². The Bertz CT molecular complexity index is 985. The van der Waals surface area contributed by atoms with Crippen LogP contribution in [0.1, 0.15) is 30.8 Å². The fraction of sp³-hybridized carbons (Fsp3) is 0.333. The van der Waals surface area contributed by atoms with E-state index in [1.54, 1.807) is 0 Å². The lowest BCUT2D eigenvalue weighted by Gasteiger charge is -2.13. The molecule has 3 N–H and O–H groups in total. The van der Waals surface area contributed by atoms with Gasteiger partial charge in [-0.1, -0.05) is 32.0 Å². The van der Waals surface area contributed by atoms with Gasteiger partial charge < -0.3 is 4.98 Å². The van der Waals surface area contributed by atoms with Crippen molar-refractivity contribution in [2.75, 3.05) is 11.9 Å². The lowest BCUT2D eigenvalue weighted by atomic mass is 10.1. The van der Waals surface area contributed by atoms with Crippen LogP contribution in [0.5, 0.6) is 0 Å². The van der Waals surface area contributed by atoms with E-state index < -0.39 is 0 Å². The minimum atomic E-state index is -0.152. The fourth-order valence-electron chi connectivity index (χ4n) is 2.89. The molecule has 0 bridgehead atoms. The lowest BCUT2D eigenvalue weighted by molar-refractivity contribution is -0.122. The number of nitrogens with one attached hydrogen (secondary N) is 3. The van der Waals surface area contributed by atoms with Crippen LogP contribution in [-0.2, 0) is 11.2 Å². The Balaban J connectivity index is 1.76. The summed E-state index contributed by atoms with van der Waals surface area (Å²) in [5, 5.41) is 7.08. The summed E-state index contributed by atoms with van der Waals surface area (Å²) in [5.41, 5.74) is 4.00. The molecule has 146 valence electrons. The molecule has 0 saturated carbocycles. The number of hydrogen-bond acceptors (Lipinski definition) is 4. The first-order chi connectivity index (χ1) is 13.4. The molecule has 0 spiro atoms. The predicted molar refractivity (Wildman–Crippen MR) is 112 cm³/mol. The molecule has 28 heavy (non-hydrogen) atoms. The maximum atomic E-state index is 12.2. The van der Waals surface area contributed by atoms with E-state index in [1.807, 2.05) is 52.1 Å². The average molecular weight is 378 g/mol. The van der Waals surface area contributed by atoms with Crippen molar-refractivity contribution in [2.24, 2.45) is 10.9 Å². The minimum Gasteiger partial charge on any atom is -0.361 e. The molecule has 3 rings (SSSR count). The predicted octanol–water partition coefficient (Wildman–Crippen LogP) is 3.36. The van der Waals surface area contributed by atoms with Crippen molar-refractivity contribution in [3.63, 3.8) is 0 Å². The van der Waals surface area contributed by atoms with Crippen LogP contribution < -0.4 is 10.6 Å². The molecule has 0 atom stereocenters. The minimum absolute atomic E-state index is 0.109. The first-order valence-corrected chi connectivity index (χ1v) is 9.42. The number of guanidine groups is 1. The Morgan fingerprint density at radius 3 is 2.61 bits per heavy atom.